The second-order valence-corrected chi connectivity index (χ2v) is 7.17. The molecule has 0 spiro atoms. The number of halogens is 4. The Morgan fingerprint density at radius 2 is 1.71 bits per heavy atom. The van der Waals surface area contributed by atoms with Gasteiger partial charge < -0.3 is 5.32 Å². The predicted molar refractivity (Wildman–Crippen MR) is 95.2 cm³/mol. The van der Waals surface area contributed by atoms with E-state index in [0.29, 0.717) is 0 Å². The van der Waals surface area contributed by atoms with Crippen molar-refractivity contribution in [1.29, 1.82) is 0 Å². The highest BCUT2D eigenvalue weighted by Crippen LogP contribution is 2.39. The zero-order valence-electron chi connectivity index (χ0n) is 12.7. The lowest BCUT2D eigenvalue weighted by atomic mass is 9.81. The summed E-state index contributed by atoms with van der Waals surface area (Å²) in [6.07, 6.45) is 0. The normalized spacial score (nSPS) is 17.6. The second-order valence-electron chi connectivity index (χ2n) is 6.26. The summed E-state index contributed by atoms with van der Waals surface area (Å²) in [7, 11) is 0. The first-order valence-electron chi connectivity index (χ1n) is 6.79. The van der Waals surface area contributed by atoms with E-state index in [-0.39, 0.29) is 42.1 Å². The van der Waals surface area contributed by atoms with Gasteiger partial charge in [-0.3, -0.25) is 4.90 Å². The Bertz CT molecular complexity index is 426. The molecule has 1 heterocycles. The minimum atomic E-state index is -0.172. The van der Waals surface area contributed by atoms with Gasteiger partial charge in [0.2, 0.25) is 0 Å². The molecule has 0 saturated carbocycles. The molecule has 1 aromatic rings. The maximum absolute atomic E-state index is 13.7. The van der Waals surface area contributed by atoms with Crippen LogP contribution in [0, 0.1) is 11.2 Å². The lowest BCUT2D eigenvalue weighted by molar-refractivity contribution is 0.0860. The molecular formula is C15H24BrCl2FN2. The van der Waals surface area contributed by atoms with Crippen LogP contribution in [0.4, 0.5) is 4.39 Å². The van der Waals surface area contributed by atoms with Crippen molar-refractivity contribution in [3.05, 3.63) is 34.1 Å². The maximum atomic E-state index is 13.7. The van der Waals surface area contributed by atoms with Gasteiger partial charge in [0.1, 0.15) is 5.82 Å². The van der Waals surface area contributed by atoms with E-state index in [9.17, 15) is 4.39 Å². The van der Waals surface area contributed by atoms with Gasteiger partial charge in [0.05, 0.1) is 0 Å². The number of benzene rings is 1. The van der Waals surface area contributed by atoms with Crippen molar-refractivity contribution in [1.82, 2.24) is 10.2 Å². The van der Waals surface area contributed by atoms with E-state index in [1.54, 1.807) is 6.07 Å². The van der Waals surface area contributed by atoms with Gasteiger partial charge in [0.25, 0.3) is 0 Å². The van der Waals surface area contributed by atoms with Crippen LogP contribution in [0.15, 0.2) is 22.7 Å². The Hall–Kier alpha value is 0.130. The molecule has 0 radical (unpaired) electrons. The molecule has 1 aliphatic rings. The van der Waals surface area contributed by atoms with E-state index < -0.39 is 0 Å². The van der Waals surface area contributed by atoms with Crippen LogP contribution in [0.3, 0.4) is 0 Å². The fourth-order valence-electron chi connectivity index (χ4n) is 2.93. The number of piperazine rings is 1. The van der Waals surface area contributed by atoms with Crippen molar-refractivity contribution in [2.75, 3.05) is 26.2 Å². The largest absolute Gasteiger partial charge is 0.314 e. The fraction of sp³-hybridized carbons (Fsp3) is 0.600. The summed E-state index contributed by atoms with van der Waals surface area (Å²) in [5.41, 5.74) is 1.13. The standard InChI is InChI=1S/C15H22BrFN2.2ClH/c1-15(2,3)14(19-6-4-18-5-7-19)11-8-12(16)10-13(17)9-11;;/h8-10,14,18H,4-7H2,1-3H3;2*1H/t14-;;/m0../s1. The van der Waals surface area contributed by atoms with Crippen LogP contribution in [-0.4, -0.2) is 31.1 Å². The highest BCUT2D eigenvalue weighted by molar-refractivity contribution is 9.10. The van der Waals surface area contributed by atoms with Gasteiger partial charge >= 0.3 is 0 Å². The molecule has 0 aromatic heterocycles. The van der Waals surface area contributed by atoms with Crippen molar-refractivity contribution in [3.8, 4) is 0 Å². The Morgan fingerprint density at radius 1 is 1.14 bits per heavy atom. The molecule has 1 fully saturated rings. The lowest BCUT2D eigenvalue weighted by Gasteiger charge is -2.42. The van der Waals surface area contributed by atoms with Crippen LogP contribution in [0.2, 0.25) is 0 Å². The molecule has 2 rings (SSSR count). The maximum Gasteiger partial charge on any atom is 0.124 e. The first-order valence-corrected chi connectivity index (χ1v) is 7.58. The first-order chi connectivity index (χ1) is 8.88. The van der Waals surface area contributed by atoms with Crippen LogP contribution in [0.5, 0.6) is 0 Å². The summed E-state index contributed by atoms with van der Waals surface area (Å²) in [4.78, 5) is 2.46. The topological polar surface area (TPSA) is 15.3 Å². The van der Waals surface area contributed by atoms with Crippen molar-refractivity contribution >= 4 is 40.7 Å². The molecule has 6 heteroatoms. The third-order valence-corrected chi connectivity index (χ3v) is 4.00. The van der Waals surface area contributed by atoms with E-state index >= 15 is 0 Å². The third-order valence-electron chi connectivity index (χ3n) is 3.54. The van der Waals surface area contributed by atoms with E-state index in [1.807, 2.05) is 6.07 Å². The van der Waals surface area contributed by atoms with E-state index in [0.717, 1.165) is 36.2 Å². The Morgan fingerprint density at radius 3 is 2.19 bits per heavy atom. The summed E-state index contributed by atoms with van der Waals surface area (Å²) < 4.78 is 14.5. The molecule has 21 heavy (non-hydrogen) atoms. The SMILES string of the molecule is CC(C)(C)[C@H](c1cc(F)cc(Br)c1)N1CCNCC1.Cl.Cl. The Balaban J connectivity index is 0.00000200. The molecule has 0 aliphatic carbocycles. The van der Waals surface area contributed by atoms with Gasteiger partial charge in [0, 0.05) is 36.7 Å². The highest BCUT2D eigenvalue weighted by Gasteiger charge is 2.32. The lowest BCUT2D eigenvalue weighted by Crippen LogP contribution is -2.48. The van der Waals surface area contributed by atoms with Gasteiger partial charge in [-0.25, -0.2) is 4.39 Å². The van der Waals surface area contributed by atoms with Gasteiger partial charge in [-0.15, -0.1) is 24.8 Å². The average Bonchev–Trinajstić information content (AvgIpc) is 2.27. The fourth-order valence-corrected chi connectivity index (χ4v) is 3.41. The molecule has 122 valence electrons. The molecule has 1 aliphatic heterocycles. The van der Waals surface area contributed by atoms with Gasteiger partial charge in [0.15, 0.2) is 0 Å². The number of hydrogen-bond donors (Lipinski definition) is 1. The van der Waals surface area contributed by atoms with E-state index in [2.05, 4.69) is 46.9 Å². The van der Waals surface area contributed by atoms with Crippen LogP contribution < -0.4 is 5.32 Å². The van der Waals surface area contributed by atoms with Gasteiger partial charge in [-0.05, 0) is 29.2 Å². The monoisotopic (exact) mass is 400 g/mol. The molecule has 1 atom stereocenters. The number of nitrogens with zero attached hydrogens (tertiary/aromatic N) is 1. The van der Waals surface area contributed by atoms with Gasteiger partial charge in [-0.1, -0.05) is 36.7 Å². The summed E-state index contributed by atoms with van der Waals surface area (Å²) in [5, 5.41) is 3.37. The van der Waals surface area contributed by atoms with E-state index in [1.165, 1.54) is 6.07 Å². The zero-order chi connectivity index (χ0) is 14.0. The van der Waals surface area contributed by atoms with E-state index in [4.69, 9.17) is 0 Å². The number of rotatable bonds is 2. The van der Waals surface area contributed by atoms with Crippen LogP contribution in [0.1, 0.15) is 32.4 Å². The summed E-state index contributed by atoms with van der Waals surface area (Å²) in [6, 6.07) is 5.46. The van der Waals surface area contributed by atoms with Crippen LogP contribution in [0.25, 0.3) is 0 Å². The molecule has 0 bridgehead atoms. The Kier molecular flexibility index (Phi) is 8.74. The molecule has 1 N–H and O–H groups in total. The summed E-state index contributed by atoms with van der Waals surface area (Å²) >= 11 is 3.40. The summed E-state index contributed by atoms with van der Waals surface area (Å²) in [5.74, 6) is -0.172. The smallest absolute Gasteiger partial charge is 0.124 e. The van der Waals surface area contributed by atoms with Crippen molar-refractivity contribution < 1.29 is 4.39 Å². The summed E-state index contributed by atoms with van der Waals surface area (Å²) in [6.45, 7) is 10.7. The van der Waals surface area contributed by atoms with Gasteiger partial charge in [-0.2, -0.15) is 0 Å². The quantitative estimate of drug-likeness (QED) is 0.788. The average molecular weight is 402 g/mol. The molecule has 1 saturated heterocycles. The van der Waals surface area contributed by atoms with Crippen LogP contribution >= 0.6 is 40.7 Å². The number of hydrogen-bond acceptors (Lipinski definition) is 2. The zero-order valence-corrected chi connectivity index (χ0v) is 15.9. The minimum absolute atomic E-state index is 0. The Labute approximate surface area is 147 Å². The van der Waals surface area contributed by atoms with Crippen LogP contribution in [-0.2, 0) is 0 Å². The minimum Gasteiger partial charge on any atom is -0.314 e. The number of nitrogens with one attached hydrogen (secondary N) is 1. The molecule has 1 aromatic carbocycles. The van der Waals surface area contributed by atoms with Crippen molar-refractivity contribution in [3.63, 3.8) is 0 Å². The molecular weight excluding hydrogens is 378 g/mol. The van der Waals surface area contributed by atoms with Crippen molar-refractivity contribution in [2.45, 2.75) is 26.8 Å². The predicted octanol–water partition coefficient (Wildman–Crippen LogP) is 4.42. The third kappa shape index (κ3) is 5.68. The molecule has 0 amide bonds. The highest BCUT2D eigenvalue weighted by atomic mass is 79.9. The van der Waals surface area contributed by atoms with Crippen molar-refractivity contribution in [2.24, 2.45) is 5.41 Å². The second kappa shape index (κ2) is 8.68. The molecule has 0 unspecified atom stereocenters. The first kappa shape index (κ1) is 21.1. The molecule has 2 nitrogen and oxygen atoms in total.